The molecule has 0 spiro atoms. The lowest BCUT2D eigenvalue weighted by molar-refractivity contribution is 0.412. The first-order valence-electron chi connectivity index (χ1n) is 6.62. The van der Waals surface area contributed by atoms with Gasteiger partial charge in [-0.25, -0.2) is 0 Å². The van der Waals surface area contributed by atoms with Crippen molar-refractivity contribution in [3.05, 3.63) is 70.5 Å². The Morgan fingerprint density at radius 3 is 2.81 bits per heavy atom. The Balaban J connectivity index is 2.08. The predicted molar refractivity (Wildman–Crippen MR) is 88.5 cm³/mol. The number of methoxy groups -OCH3 is 1. The van der Waals surface area contributed by atoms with E-state index in [1.54, 1.807) is 13.3 Å². The number of aromatic nitrogens is 1. The SMILES string of the molecule is COc1ccc(C(N)c2cccc3ccncc23)cc1Br. The van der Waals surface area contributed by atoms with Crippen LogP contribution in [0.4, 0.5) is 0 Å². The number of hydrogen-bond acceptors (Lipinski definition) is 3. The molecular weight excluding hydrogens is 328 g/mol. The van der Waals surface area contributed by atoms with Crippen LogP contribution in [0.2, 0.25) is 0 Å². The van der Waals surface area contributed by atoms with Crippen LogP contribution in [0.3, 0.4) is 0 Å². The molecule has 0 saturated heterocycles. The Bertz CT molecular complexity index is 783. The van der Waals surface area contributed by atoms with Crippen LogP contribution in [-0.4, -0.2) is 12.1 Å². The number of nitrogens with zero attached hydrogens (tertiary/aromatic N) is 1. The van der Waals surface area contributed by atoms with Gasteiger partial charge in [-0.15, -0.1) is 0 Å². The van der Waals surface area contributed by atoms with E-state index < -0.39 is 0 Å². The van der Waals surface area contributed by atoms with E-state index in [2.05, 4.69) is 27.0 Å². The maximum atomic E-state index is 6.45. The van der Waals surface area contributed by atoms with Gasteiger partial charge in [0.15, 0.2) is 0 Å². The fraction of sp³-hybridized carbons (Fsp3) is 0.118. The summed E-state index contributed by atoms with van der Waals surface area (Å²) in [6.45, 7) is 0. The van der Waals surface area contributed by atoms with Gasteiger partial charge in [0.1, 0.15) is 5.75 Å². The van der Waals surface area contributed by atoms with Crippen molar-refractivity contribution in [2.45, 2.75) is 6.04 Å². The van der Waals surface area contributed by atoms with Crippen LogP contribution in [0.25, 0.3) is 10.8 Å². The summed E-state index contributed by atoms with van der Waals surface area (Å²) in [4.78, 5) is 4.21. The van der Waals surface area contributed by atoms with Gasteiger partial charge in [-0.3, -0.25) is 4.98 Å². The molecule has 0 bridgehead atoms. The van der Waals surface area contributed by atoms with Gasteiger partial charge < -0.3 is 10.5 Å². The highest BCUT2D eigenvalue weighted by molar-refractivity contribution is 9.10. The van der Waals surface area contributed by atoms with Crippen molar-refractivity contribution >= 4 is 26.7 Å². The van der Waals surface area contributed by atoms with Crippen molar-refractivity contribution in [2.75, 3.05) is 7.11 Å². The molecule has 0 radical (unpaired) electrons. The van der Waals surface area contributed by atoms with Gasteiger partial charge in [-0.1, -0.05) is 24.3 Å². The zero-order valence-corrected chi connectivity index (χ0v) is 13.2. The highest BCUT2D eigenvalue weighted by Gasteiger charge is 2.13. The molecule has 0 amide bonds. The van der Waals surface area contributed by atoms with Gasteiger partial charge in [0.25, 0.3) is 0 Å². The van der Waals surface area contributed by atoms with E-state index in [9.17, 15) is 0 Å². The molecule has 2 N–H and O–H groups in total. The second-order valence-electron chi connectivity index (χ2n) is 4.82. The molecule has 4 heteroatoms. The van der Waals surface area contributed by atoms with Crippen LogP contribution < -0.4 is 10.5 Å². The van der Waals surface area contributed by atoms with Gasteiger partial charge in [0.05, 0.1) is 17.6 Å². The maximum Gasteiger partial charge on any atom is 0.133 e. The molecule has 0 saturated carbocycles. The van der Waals surface area contributed by atoms with Crippen molar-refractivity contribution in [3.8, 4) is 5.75 Å². The third-order valence-electron chi connectivity index (χ3n) is 3.59. The molecule has 1 aromatic heterocycles. The van der Waals surface area contributed by atoms with Crippen molar-refractivity contribution in [3.63, 3.8) is 0 Å². The number of hydrogen-bond donors (Lipinski definition) is 1. The van der Waals surface area contributed by atoms with Crippen LogP contribution >= 0.6 is 15.9 Å². The number of nitrogens with two attached hydrogens (primary N) is 1. The van der Waals surface area contributed by atoms with E-state index in [4.69, 9.17) is 10.5 Å². The number of halogens is 1. The third-order valence-corrected chi connectivity index (χ3v) is 4.21. The molecule has 2 aromatic carbocycles. The lowest BCUT2D eigenvalue weighted by Gasteiger charge is -2.16. The molecule has 21 heavy (non-hydrogen) atoms. The summed E-state index contributed by atoms with van der Waals surface area (Å²) < 4.78 is 6.16. The van der Waals surface area contributed by atoms with E-state index in [-0.39, 0.29) is 6.04 Å². The van der Waals surface area contributed by atoms with Gasteiger partial charge in [0, 0.05) is 17.8 Å². The first-order valence-corrected chi connectivity index (χ1v) is 7.41. The van der Waals surface area contributed by atoms with Crippen LogP contribution in [0.1, 0.15) is 17.2 Å². The minimum absolute atomic E-state index is 0.208. The van der Waals surface area contributed by atoms with Crippen LogP contribution in [0, 0.1) is 0 Å². The van der Waals surface area contributed by atoms with E-state index in [1.165, 1.54) is 0 Å². The summed E-state index contributed by atoms with van der Waals surface area (Å²) in [5.74, 6) is 0.797. The van der Waals surface area contributed by atoms with E-state index in [0.717, 1.165) is 32.1 Å². The molecule has 0 fully saturated rings. The van der Waals surface area contributed by atoms with E-state index in [1.807, 2.05) is 42.6 Å². The Labute approximate surface area is 131 Å². The highest BCUT2D eigenvalue weighted by atomic mass is 79.9. The number of rotatable bonds is 3. The zero-order valence-electron chi connectivity index (χ0n) is 11.6. The molecule has 3 nitrogen and oxygen atoms in total. The van der Waals surface area contributed by atoms with Crippen molar-refractivity contribution in [1.29, 1.82) is 0 Å². The molecule has 1 atom stereocenters. The fourth-order valence-electron chi connectivity index (χ4n) is 2.46. The summed E-state index contributed by atoms with van der Waals surface area (Å²) in [6.07, 6.45) is 3.66. The normalized spacial score (nSPS) is 12.3. The first kappa shape index (κ1) is 14.0. The minimum atomic E-state index is -0.208. The van der Waals surface area contributed by atoms with Crippen molar-refractivity contribution in [1.82, 2.24) is 4.98 Å². The molecule has 1 unspecified atom stereocenters. The number of pyridine rings is 1. The average molecular weight is 343 g/mol. The van der Waals surface area contributed by atoms with Gasteiger partial charge in [-0.05, 0) is 50.6 Å². The van der Waals surface area contributed by atoms with Gasteiger partial charge in [-0.2, -0.15) is 0 Å². The quantitative estimate of drug-likeness (QED) is 0.780. The predicted octanol–water partition coefficient (Wildman–Crippen LogP) is 4.05. The molecule has 0 aliphatic rings. The van der Waals surface area contributed by atoms with Gasteiger partial charge >= 0.3 is 0 Å². The van der Waals surface area contributed by atoms with E-state index in [0.29, 0.717) is 0 Å². The summed E-state index contributed by atoms with van der Waals surface area (Å²) in [5.41, 5.74) is 8.55. The lowest BCUT2D eigenvalue weighted by Crippen LogP contribution is -2.12. The molecule has 0 aliphatic heterocycles. The summed E-state index contributed by atoms with van der Waals surface area (Å²) in [7, 11) is 1.65. The van der Waals surface area contributed by atoms with Crippen molar-refractivity contribution < 1.29 is 4.74 Å². The largest absolute Gasteiger partial charge is 0.496 e. The Morgan fingerprint density at radius 1 is 1.19 bits per heavy atom. The zero-order chi connectivity index (χ0) is 14.8. The molecule has 3 aromatic rings. The number of fused-ring (bicyclic) bond motifs is 1. The average Bonchev–Trinajstić information content (AvgIpc) is 2.53. The second kappa shape index (κ2) is 5.84. The third kappa shape index (κ3) is 2.64. The van der Waals surface area contributed by atoms with E-state index >= 15 is 0 Å². The minimum Gasteiger partial charge on any atom is -0.496 e. The van der Waals surface area contributed by atoms with Crippen molar-refractivity contribution in [2.24, 2.45) is 5.73 Å². The molecule has 1 heterocycles. The topological polar surface area (TPSA) is 48.1 Å². The summed E-state index contributed by atoms with van der Waals surface area (Å²) in [6, 6.07) is 13.8. The van der Waals surface area contributed by atoms with Crippen LogP contribution in [0.5, 0.6) is 5.75 Å². The Morgan fingerprint density at radius 2 is 2.05 bits per heavy atom. The standard InChI is InChI=1S/C17H15BrN2O/c1-21-16-6-5-12(9-15(16)18)17(19)13-4-2-3-11-7-8-20-10-14(11)13/h2-10,17H,19H2,1H3. The van der Waals surface area contributed by atoms with Gasteiger partial charge in [0.2, 0.25) is 0 Å². The highest BCUT2D eigenvalue weighted by Crippen LogP contribution is 2.31. The monoisotopic (exact) mass is 342 g/mol. The Kier molecular flexibility index (Phi) is 3.90. The lowest BCUT2D eigenvalue weighted by atomic mass is 9.95. The molecule has 106 valence electrons. The van der Waals surface area contributed by atoms with Crippen LogP contribution in [0.15, 0.2) is 59.3 Å². The molecule has 0 aliphatic carbocycles. The molecule has 3 rings (SSSR count). The first-order chi connectivity index (χ1) is 10.2. The maximum absolute atomic E-state index is 6.45. The molecular formula is C17H15BrN2O. The fourth-order valence-corrected chi connectivity index (χ4v) is 3.02. The second-order valence-corrected chi connectivity index (χ2v) is 5.67. The number of ether oxygens (including phenoxy) is 1. The number of benzene rings is 2. The smallest absolute Gasteiger partial charge is 0.133 e. The van der Waals surface area contributed by atoms with Crippen LogP contribution in [-0.2, 0) is 0 Å². The summed E-state index contributed by atoms with van der Waals surface area (Å²) >= 11 is 3.50. The Hall–Kier alpha value is -1.91. The summed E-state index contributed by atoms with van der Waals surface area (Å²) in [5, 5.41) is 2.23.